The van der Waals surface area contributed by atoms with Crippen LogP contribution in [0.15, 0.2) is 24.3 Å². The first kappa shape index (κ1) is 14.2. The van der Waals surface area contributed by atoms with Crippen LogP contribution in [0.2, 0.25) is 5.02 Å². The van der Waals surface area contributed by atoms with Crippen LogP contribution in [0.3, 0.4) is 0 Å². The highest BCUT2D eigenvalue weighted by atomic mass is 35.5. The van der Waals surface area contributed by atoms with Crippen molar-refractivity contribution in [3.8, 4) is 5.75 Å². The highest BCUT2D eigenvalue weighted by Gasteiger charge is 2.27. The smallest absolute Gasteiger partial charge is 0.320 e. The number of rotatable bonds is 5. The standard InChI is InChI=1S/C14H18ClNO3/c15-11-4-3-5-12(10-11)19-9-8-16-7-2-1-6-13(16)14(17)18/h3-5,10,13H,1-2,6-9H2,(H,17,18). The van der Waals surface area contributed by atoms with Crippen LogP contribution >= 0.6 is 11.6 Å². The zero-order valence-corrected chi connectivity index (χ0v) is 11.5. The number of piperidine rings is 1. The molecule has 0 saturated carbocycles. The van der Waals surface area contributed by atoms with Crippen LogP contribution in [0.5, 0.6) is 5.75 Å². The number of aliphatic carboxylic acids is 1. The highest BCUT2D eigenvalue weighted by molar-refractivity contribution is 6.30. The Kier molecular flexibility index (Phi) is 5.05. The third-order valence-corrected chi connectivity index (χ3v) is 3.58. The second kappa shape index (κ2) is 6.78. The summed E-state index contributed by atoms with van der Waals surface area (Å²) in [5.74, 6) is -0.0150. The molecular formula is C14H18ClNO3. The van der Waals surface area contributed by atoms with Crippen molar-refractivity contribution in [3.05, 3.63) is 29.3 Å². The number of benzene rings is 1. The van der Waals surface area contributed by atoms with E-state index in [9.17, 15) is 4.79 Å². The number of carboxylic acids is 1. The fraction of sp³-hybridized carbons (Fsp3) is 0.500. The number of halogens is 1. The molecule has 1 aromatic rings. The molecule has 0 bridgehead atoms. The molecule has 1 fully saturated rings. The molecule has 1 aliphatic rings. The van der Waals surface area contributed by atoms with Crippen LogP contribution in [-0.4, -0.2) is 41.7 Å². The van der Waals surface area contributed by atoms with Gasteiger partial charge in [0.05, 0.1) is 0 Å². The summed E-state index contributed by atoms with van der Waals surface area (Å²) in [7, 11) is 0. The predicted octanol–water partition coefficient (Wildman–Crippen LogP) is 2.66. The molecule has 1 saturated heterocycles. The molecule has 0 aliphatic carbocycles. The molecule has 1 aliphatic heterocycles. The van der Waals surface area contributed by atoms with Gasteiger partial charge in [0.1, 0.15) is 18.4 Å². The molecule has 0 amide bonds. The fourth-order valence-corrected chi connectivity index (χ4v) is 2.56. The molecule has 0 spiro atoms. The maximum absolute atomic E-state index is 11.1. The van der Waals surface area contributed by atoms with Gasteiger partial charge in [-0.25, -0.2) is 0 Å². The van der Waals surface area contributed by atoms with Gasteiger partial charge in [-0.3, -0.25) is 9.69 Å². The number of carbonyl (C=O) groups is 1. The van der Waals surface area contributed by atoms with E-state index in [0.717, 1.165) is 31.6 Å². The van der Waals surface area contributed by atoms with E-state index in [4.69, 9.17) is 21.4 Å². The Hall–Kier alpha value is -1.26. The Morgan fingerprint density at radius 3 is 3.05 bits per heavy atom. The second-order valence-electron chi connectivity index (χ2n) is 4.69. The molecule has 19 heavy (non-hydrogen) atoms. The molecule has 5 heteroatoms. The minimum absolute atomic E-state index is 0.364. The Morgan fingerprint density at radius 1 is 1.47 bits per heavy atom. The van der Waals surface area contributed by atoms with Crippen LogP contribution in [-0.2, 0) is 4.79 Å². The lowest BCUT2D eigenvalue weighted by Crippen LogP contribution is -2.46. The number of carboxylic acid groups (broad SMARTS) is 1. The third-order valence-electron chi connectivity index (χ3n) is 3.34. The van der Waals surface area contributed by atoms with Crippen molar-refractivity contribution in [2.75, 3.05) is 19.7 Å². The van der Waals surface area contributed by atoms with E-state index >= 15 is 0 Å². The molecule has 2 rings (SSSR count). The summed E-state index contributed by atoms with van der Waals surface area (Å²) in [4.78, 5) is 13.1. The van der Waals surface area contributed by atoms with Crippen LogP contribution in [0.4, 0.5) is 0 Å². The zero-order chi connectivity index (χ0) is 13.7. The largest absolute Gasteiger partial charge is 0.492 e. The van der Waals surface area contributed by atoms with Crippen molar-refractivity contribution < 1.29 is 14.6 Å². The first-order valence-electron chi connectivity index (χ1n) is 6.52. The molecule has 4 nitrogen and oxygen atoms in total. The molecule has 0 aromatic heterocycles. The van der Waals surface area contributed by atoms with Crippen molar-refractivity contribution in [1.82, 2.24) is 4.90 Å². The van der Waals surface area contributed by atoms with E-state index in [1.54, 1.807) is 12.1 Å². The molecule has 1 atom stereocenters. The van der Waals surface area contributed by atoms with Gasteiger partial charge >= 0.3 is 5.97 Å². The van der Waals surface area contributed by atoms with E-state index in [-0.39, 0.29) is 6.04 Å². The first-order valence-corrected chi connectivity index (χ1v) is 6.90. The Morgan fingerprint density at radius 2 is 2.32 bits per heavy atom. The van der Waals surface area contributed by atoms with Gasteiger partial charge in [-0.2, -0.15) is 0 Å². The maximum atomic E-state index is 11.1. The van der Waals surface area contributed by atoms with Crippen molar-refractivity contribution in [2.45, 2.75) is 25.3 Å². The van der Waals surface area contributed by atoms with E-state index in [1.807, 2.05) is 17.0 Å². The number of hydrogen-bond donors (Lipinski definition) is 1. The van der Waals surface area contributed by atoms with E-state index in [2.05, 4.69) is 0 Å². The molecule has 0 radical (unpaired) electrons. The normalized spacial score (nSPS) is 20.2. The fourth-order valence-electron chi connectivity index (χ4n) is 2.38. The summed E-state index contributed by atoms with van der Waals surface area (Å²) >= 11 is 5.87. The summed E-state index contributed by atoms with van der Waals surface area (Å²) in [6.07, 6.45) is 2.77. The molecule has 1 heterocycles. The van der Waals surface area contributed by atoms with Crippen LogP contribution < -0.4 is 4.74 Å². The van der Waals surface area contributed by atoms with E-state index < -0.39 is 5.97 Å². The lowest BCUT2D eigenvalue weighted by Gasteiger charge is -2.32. The quantitative estimate of drug-likeness (QED) is 0.903. The molecule has 1 unspecified atom stereocenters. The lowest BCUT2D eigenvalue weighted by atomic mass is 10.0. The van der Waals surface area contributed by atoms with Gasteiger partial charge in [0.2, 0.25) is 0 Å². The number of ether oxygens (including phenoxy) is 1. The van der Waals surface area contributed by atoms with E-state index in [1.165, 1.54) is 0 Å². The minimum Gasteiger partial charge on any atom is -0.492 e. The van der Waals surface area contributed by atoms with Crippen molar-refractivity contribution in [3.63, 3.8) is 0 Å². The topological polar surface area (TPSA) is 49.8 Å². The maximum Gasteiger partial charge on any atom is 0.320 e. The summed E-state index contributed by atoms with van der Waals surface area (Å²) in [5, 5.41) is 9.80. The summed E-state index contributed by atoms with van der Waals surface area (Å²) in [5.41, 5.74) is 0. The van der Waals surface area contributed by atoms with Crippen LogP contribution in [0.25, 0.3) is 0 Å². The van der Waals surface area contributed by atoms with Gasteiger partial charge in [-0.15, -0.1) is 0 Å². The van der Waals surface area contributed by atoms with Crippen molar-refractivity contribution in [2.24, 2.45) is 0 Å². The molecule has 1 N–H and O–H groups in total. The van der Waals surface area contributed by atoms with Gasteiger partial charge in [-0.05, 0) is 37.6 Å². The van der Waals surface area contributed by atoms with Crippen molar-refractivity contribution in [1.29, 1.82) is 0 Å². The van der Waals surface area contributed by atoms with Gasteiger partial charge in [-0.1, -0.05) is 24.1 Å². The average molecular weight is 284 g/mol. The van der Waals surface area contributed by atoms with Gasteiger partial charge in [0.15, 0.2) is 0 Å². The van der Waals surface area contributed by atoms with E-state index in [0.29, 0.717) is 18.2 Å². The summed E-state index contributed by atoms with van der Waals surface area (Å²) < 4.78 is 5.60. The van der Waals surface area contributed by atoms with Crippen LogP contribution in [0, 0.1) is 0 Å². The van der Waals surface area contributed by atoms with Crippen molar-refractivity contribution >= 4 is 17.6 Å². The number of nitrogens with zero attached hydrogens (tertiary/aromatic N) is 1. The summed E-state index contributed by atoms with van der Waals surface area (Å²) in [6, 6.07) is 6.86. The van der Waals surface area contributed by atoms with Gasteiger partial charge < -0.3 is 9.84 Å². The lowest BCUT2D eigenvalue weighted by molar-refractivity contribution is -0.144. The van der Waals surface area contributed by atoms with Gasteiger partial charge in [0.25, 0.3) is 0 Å². The third kappa shape index (κ3) is 4.11. The number of likely N-dealkylation sites (tertiary alicyclic amines) is 1. The zero-order valence-electron chi connectivity index (χ0n) is 10.7. The Labute approximate surface area is 117 Å². The molecular weight excluding hydrogens is 266 g/mol. The monoisotopic (exact) mass is 283 g/mol. The summed E-state index contributed by atoms with van der Waals surface area (Å²) in [6.45, 7) is 1.93. The highest BCUT2D eigenvalue weighted by Crippen LogP contribution is 2.19. The van der Waals surface area contributed by atoms with Crippen LogP contribution in [0.1, 0.15) is 19.3 Å². The van der Waals surface area contributed by atoms with Gasteiger partial charge in [0, 0.05) is 11.6 Å². The number of hydrogen-bond acceptors (Lipinski definition) is 3. The predicted molar refractivity (Wildman–Crippen MR) is 73.8 cm³/mol. The minimum atomic E-state index is -0.734. The Balaban J connectivity index is 1.82. The average Bonchev–Trinajstić information content (AvgIpc) is 2.39. The molecule has 104 valence electrons. The Bertz CT molecular complexity index is 438. The second-order valence-corrected chi connectivity index (χ2v) is 5.13. The SMILES string of the molecule is O=C(O)C1CCCCN1CCOc1cccc(Cl)c1. The first-order chi connectivity index (χ1) is 9.16. The molecule has 1 aromatic carbocycles.